The van der Waals surface area contributed by atoms with Crippen LogP contribution in [0, 0.1) is 0 Å². The lowest BCUT2D eigenvalue weighted by Gasteiger charge is -2.30. The highest BCUT2D eigenvalue weighted by molar-refractivity contribution is 5.81. The summed E-state index contributed by atoms with van der Waals surface area (Å²) < 4.78 is 10.9. The van der Waals surface area contributed by atoms with Crippen molar-refractivity contribution in [2.24, 2.45) is 0 Å². The Labute approximate surface area is 156 Å². The summed E-state index contributed by atoms with van der Waals surface area (Å²) in [5.41, 5.74) is 1.98. The molecule has 144 valence electrons. The van der Waals surface area contributed by atoms with Crippen LogP contribution in [0.1, 0.15) is 69.9 Å². The van der Waals surface area contributed by atoms with E-state index in [0.29, 0.717) is 5.75 Å². The smallest absolute Gasteiger partial charge is 0.349 e. The van der Waals surface area contributed by atoms with Gasteiger partial charge in [-0.15, -0.1) is 0 Å². The molecule has 0 N–H and O–H groups in total. The molecule has 0 spiro atoms. The van der Waals surface area contributed by atoms with Gasteiger partial charge in [0.25, 0.3) is 0 Å². The van der Waals surface area contributed by atoms with Gasteiger partial charge in [0.15, 0.2) is 6.61 Å². The molecule has 1 heterocycles. The number of carbonyl (C=O) groups excluding carboxylic acids is 2. The Morgan fingerprint density at radius 1 is 1.12 bits per heavy atom. The lowest BCUT2D eigenvalue weighted by Crippen LogP contribution is -2.43. The van der Waals surface area contributed by atoms with E-state index in [-0.39, 0.29) is 30.5 Å². The SMILES string of the molecule is CC(C)c1cccc(C(C)C)c1OC(=O)COC(=O)C1CCCCN1C. The monoisotopic (exact) mass is 361 g/mol. The summed E-state index contributed by atoms with van der Waals surface area (Å²) in [6, 6.07) is 5.68. The molecule has 0 aliphatic carbocycles. The highest BCUT2D eigenvalue weighted by Crippen LogP contribution is 2.34. The molecule has 1 fully saturated rings. The van der Waals surface area contributed by atoms with Crippen LogP contribution in [0.4, 0.5) is 0 Å². The van der Waals surface area contributed by atoms with Crippen LogP contribution in [0.15, 0.2) is 18.2 Å². The number of piperidine rings is 1. The first-order chi connectivity index (χ1) is 12.3. The summed E-state index contributed by atoms with van der Waals surface area (Å²) in [5.74, 6) is 0.190. The molecule has 1 atom stereocenters. The molecule has 1 aliphatic heterocycles. The normalized spacial score (nSPS) is 18.2. The van der Waals surface area contributed by atoms with E-state index in [4.69, 9.17) is 9.47 Å². The molecule has 0 saturated carbocycles. The number of carbonyl (C=O) groups is 2. The van der Waals surface area contributed by atoms with Gasteiger partial charge in [0, 0.05) is 0 Å². The van der Waals surface area contributed by atoms with Gasteiger partial charge in [-0.2, -0.15) is 0 Å². The first kappa shape index (κ1) is 20.4. The molecule has 1 saturated heterocycles. The number of likely N-dealkylation sites (tertiary alicyclic amines) is 1. The minimum absolute atomic E-state index is 0.231. The van der Waals surface area contributed by atoms with Crippen molar-refractivity contribution in [2.45, 2.75) is 64.8 Å². The number of ether oxygens (including phenoxy) is 2. The van der Waals surface area contributed by atoms with Gasteiger partial charge in [0.1, 0.15) is 11.8 Å². The van der Waals surface area contributed by atoms with Crippen molar-refractivity contribution < 1.29 is 19.1 Å². The summed E-state index contributed by atoms with van der Waals surface area (Å²) in [7, 11) is 1.91. The number of esters is 2. The van der Waals surface area contributed by atoms with Gasteiger partial charge >= 0.3 is 11.9 Å². The minimum atomic E-state index is -0.535. The fourth-order valence-corrected chi connectivity index (χ4v) is 3.34. The standard InChI is InChI=1S/C21H31NO4/c1-14(2)16-9-8-10-17(15(3)4)20(16)26-19(23)13-25-21(24)18-11-6-7-12-22(18)5/h8-10,14-15,18H,6-7,11-13H2,1-5H3. The van der Waals surface area contributed by atoms with E-state index in [1.807, 2.05) is 30.1 Å². The first-order valence-corrected chi connectivity index (χ1v) is 9.51. The second-order valence-corrected chi connectivity index (χ2v) is 7.65. The number of hydrogen-bond donors (Lipinski definition) is 0. The zero-order valence-corrected chi connectivity index (χ0v) is 16.6. The van der Waals surface area contributed by atoms with Crippen molar-refractivity contribution in [3.63, 3.8) is 0 Å². The van der Waals surface area contributed by atoms with E-state index in [2.05, 4.69) is 27.7 Å². The van der Waals surface area contributed by atoms with Crippen LogP contribution in [0.2, 0.25) is 0 Å². The molecular weight excluding hydrogens is 330 g/mol. The molecule has 0 radical (unpaired) electrons. The molecule has 1 aliphatic rings. The molecule has 0 amide bonds. The van der Waals surface area contributed by atoms with Gasteiger partial charge in [-0.1, -0.05) is 52.3 Å². The van der Waals surface area contributed by atoms with Gasteiger partial charge in [-0.05, 0) is 49.4 Å². The van der Waals surface area contributed by atoms with Crippen LogP contribution in [-0.2, 0) is 14.3 Å². The fraction of sp³-hybridized carbons (Fsp3) is 0.619. The van der Waals surface area contributed by atoms with E-state index in [9.17, 15) is 9.59 Å². The van der Waals surface area contributed by atoms with E-state index in [1.165, 1.54) is 0 Å². The Morgan fingerprint density at radius 3 is 2.27 bits per heavy atom. The van der Waals surface area contributed by atoms with Gasteiger partial charge in [0.05, 0.1) is 0 Å². The molecule has 1 aromatic carbocycles. The molecule has 1 aromatic rings. The summed E-state index contributed by atoms with van der Waals surface area (Å²) in [5, 5.41) is 0. The largest absolute Gasteiger partial charge is 0.452 e. The van der Waals surface area contributed by atoms with Crippen molar-refractivity contribution in [3.8, 4) is 5.75 Å². The topological polar surface area (TPSA) is 55.8 Å². The molecular formula is C21H31NO4. The first-order valence-electron chi connectivity index (χ1n) is 9.51. The third-order valence-electron chi connectivity index (χ3n) is 4.91. The van der Waals surface area contributed by atoms with Gasteiger partial charge in [-0.3, -0.25) is 9.69 Å². The Morgan fingerprint density at radius 2 is 1.73 bits per heavy atom. The van der Waals surface area contributed by atoms with Gasteiger partial charge < -0.3 is 9.47 Å². The van der Waals surface area contributed by atoms with Crippen LogP contribution in [-0.4, -0.2) is 43.1 Å². The average Bonchev–Trinajstić information content (AvgIpc) is 2.59. The van der Waals surface area contributed by atoms with Crippen molar-refractivity contribution >= 4 is 11.9 Å². The van der Waals surface area contributed by atoms with E-state index < -0.39 is 5.97 Å². The Balaban J connectivity index is 2.02. The van der Waals surface area contributed by atoms with Crippen LogP contribution in [0.3, 0.4) is 0 Å². The van der Waals surface area contributed by atoms with Crippen molar-refractivity contribution in [3.05, 3.63) is 29.3 Å². The van der Waals surface area contributed by atoms with Crippen LogP contribution in [0.5, 0.6) is 5.75 Å². The Kier molecular flexibility index (Phi) is 7.21. The molecule has 2 rings (SSSR count). The predicted molar refractivity (Wildman–Crippen MR) is 101 cm³/mol. The second-order valence-electron chi connectivity index (χ2n) is 7.65. The molecule has 1 unspecified atom stereocenters. The fourth-order valence-electron chi connectivity index (χ4n) is 3.34. The number of benzene rings is 1. The maximum Gasteiger partial charge on any atom is 0.349 e. The average molecular weight is 361 g/mol. The number of nitrogens with zero attached hydrogens (tertiary/aromatic N) is 1. The lowest BCUT2D eigenvalue weighted by atomic mass is 9.94. The molecule has 0 aromatic heterocycles. The summed E-state index contributed by atoms with van der Waals surface area (Å²) in [4.78, 5) is 26.6. The minimum Gasteiger partial charge on any atom is -0.452 e. The number of likely N-dealkylation sites (N-methyl/N-ethyl adjacent to an activating group) is 1. The zero-order valence-electron chi connectivity index (χ0n) is 16.6. The second kappa shape index (κ2) is 9.17. The van der Waals surface area contributed by atoms with Crippen LogP contribution < -0.4 is 4.74 Å². The summed E-state index contributed by atoms with van der Waals surface area (Å²) in [6.45, 7) is 8.79. The predicted octanol–water partition coefficient (Wildman–Crippen LogP) is 3.87. The highest BCUT2D eigenvalue weighted by Gasteiger charge is 2.28. The van der Waals surface area contributed by atoms with Crippen molar-refractivity contribution in [2.75, 3.05) is 20.2 Å². The zero-order chi connectivity index (χ0) is 19.3. The molecule has 5 heteroatoms. The van der Waals surface area contributed by atoms with E-state index in [1.54, 1.807) is 0 Å². The third-order valence-corrected chi connectivity index (χ3v) is 4.91. The molecule has 0 bridgehead atoms. The van der Waals surface area contributed by atoms with Gasteiger partial charge in [-0.25, -0.2) is 4.79 Å². The number of hydrogen-bond acceptors (Lipinski definition) is 5. The van der Waals surface area contributed by atoms with Crippen LogP contribution in [0.25, 0.3) is 0 Å². The Bertz CT molecular complexity index is 613. The number of rotatable bonds is 6. The number of para-hydroxylation sites is 1. The van der Waals surface area contributed by atoms with E-state index >= 15 is 0 Å². The lowest BCUT2D eigenvalue weighted by molar-refractivity contribution is -0.158. The quantitative estimate of drug-likeness (QED) is 0.569. The summed E-state index contributed by atoms with van der Waals surface area (Å²) in [6.07, 6.45) is 2.87. The maximum absolute atomic E-state index is 12.3. The van der Waals surface area contributed by atoms with Crippen LogP contribution >= 0.6 is 0 Å². The molecule has 26 heavy (non-hydrogen) atoms. The highest BCUT2D eigenvalue weighted by atomic mass is 16.6. The maximum atomic E-state index is 12.3. The third kappa shape index (κ3) is 5.07. The van der Waals surface area contributed by atoms with E-state index in [0.717, 1.165) is 36.9 Å². The Hall–Kier alpha value is -1.88. The molecule has 5 nitrogen and oxygen atoms in total. The van der Waals surface area contributed by atoms with Crippen molar-refractivity contribution in [1.82, 2.24) is 4.90 Å². The van der Waals surface area contributed by atoms with Gasteiger partial charge in [0.2, 0.25) is 0 Å². The van der Waals surface area contributed by atoms with Crippen molar-refractivity contribution in [1.29, 1.82) is 0 Å². The summed E-state index contributed by atoms with van der Waals surface area (Å²) >= 11 is 0.